The summed E-state index contributed by atoms with van der Waals surface area (Å²) < 4.78 is 69.8. The Hall–Kier alpha value is -3.96. The SMILES string of the molecule is COC(=O)CSCC#CC(N[C@@H](CC(C)(C)F)C(N)=O)(c1ccc(-c2ccc(N3CCN(C(=O)OC(C)(C)C)CC3)cc2)cc1)C(F)(F)F. The van der Waals surface area contributed by atoms with E-state index in [1.807, 2.05) is 45.0 Å². The van der Waals surface area contributed by atoms with Crippen LogP contribution in [0.25, 0.3) is 11.1 Å². The Morgan fingerprint density at radius 2 is 1.47 bits per heavy atom. The van der Waals surface area contributed by atoms with Gasteiger partial charge in [0.15, 0.2) is 0 Å². The zero-order valence-corrected chi connectivity index (χ0v) is 29.4. The number of methoxy groups -OCH3 is 1. The third-order valence-electron chi connectivity index (χ3n) is 7.56. The molecule has 3 rings (SSSR count). The van der Waals surface area contributed by atoms with Crippen LogP contribution in [0.1, 0.15) is 46.6 Å². The van der Waals surface area contributed by atoms with Crippen LogP contribution < -0.4 is 16.0 Å². The van der Waals surface area contributed by atoms with Crippen LogP contribution in [0.3, 0.4) is 0 Å². The highest BCUT2D eigenvalue weighted by molar-refractivity contribution is 8.00. The van der Waals surface area contributed by atoms with Gasteiger partial charge in [-0.05, 0) is 63.4 Å². The maximum absolute atomic E-state index is 15.1. The van der Waals surface area contributed by atoms with E-state index in [0.29, 0.717) is 31.7 Å². The minimum absolute atomic E-state index is 0.118. The van der Waals surface area contributed by atoms with E-state index in [2.05, 4.69) is 26.8 Å². The predicted molar refractivity (Wildman–Crippen MR) is 183 cm³/mol. The molecule has 1 aliphatic heterocycles. The highest BCUT2D eigenvalue weighted by Gasteiger charge is 2.57. The number of benzene rings is 2. The van der Waals surface area contributed by atoms with E-state index in [4.69, 9.17) is 10.5 Å². The Morgan fingerprint density at radius 1 is 0.918 bits per heavy atom. The van der Waals surface area contributed by atoms with Gasteiger partial charge in [0.1, 0.15) is 11.3 Å². The van der Waals surface area contributed by atoms with Crippen molar-refractivity contribution < 1.29 is 41.4 Å². The summed E-state index contributed by atoms with van der Waals surface area (Å²) in [5.41, 5.74) is 1.73. The number of carbonyl (C=O) groups excluding carboxylic acids is 3. The topological polar surface area (TPSA) is 114 Å². The summed E-state index contributed by atoms with van der Waals surface area (Å²) in [4.78, 5) is 39.9. The molecule has 268 valence electrons. The van der Waals surface area contributed by atoms with Crippen LogP contribution in [0.15, 0.2) is 48.5 Å². The number of anilines is 1. The van der Waals surface area contributed by atoms with E-state index in [0.717, 1.165) is 36.9 Å². The highest BCUT2D eigenvalue weighted by Crippen LogP contribution is 2.40. The number of rotatable bonds is 11. The number of esters is 1. The fourth-order valence-electron chi connectivity index (χ4n) is 5.14. The second kappa shape index (κ2) is 16.2. The lowest BCUT2D eigenvalue weighted by molar-refractivity contribution is -0.185. The van der Waals surface area contributed by atoms with Gasteiger partial charge in [0.05, 0.1) is 24.7 Å². The number of hydrogen-bond acceptors (Lipinski definition) is 8. The molecular weight excluding hydrogens is 664 g/mol. The molecule has 0 spiro atoms. The van der Waals surface area contributed by atoms with Crippen LogP contribution >= 0.6 is 11.8 Å². The first kappa shape index (κ1) is 39.5. The Bertz CT molecular complexity index is 1500. The summed E-state index contributed by atoms with van der Waals surface area (Å²) in [5, 5.41) is 2.26. The van der Waals surface area contributed by atoms with Crippen LogP contribution in [-0.4, -0.2) is 91.2 Å². The van der Waals surface area contributed by atoms with E-state index < -0.39 is 47.3 Å². The van der Waals surface area contributed by atoms with Crippen molar-refractivity contribution in [1.29, 1.82) is 0 Å². The number of nitrogens with zero attached hydrogens (tertiary/aromatic N) is 2. The van der Waals surface area contributed by atoms with Gasteiger partial charge >= 0.3 is 18.2 Å². The van der Waals surface area contributed by atoms with Crippen LogP contribution in [0.5, 0.6) is 0 Å². The number of nitrogens with two attached hydrogens (primary N) is 1. The summed E-state index contributed by atoms with van der Waals surface area (Å²) in [7, 11) is 1.19. The van der Waals surface area contributed by atoms with Crippen molar-refractivity contribution in [2.75, 3.05) is 49.7 Å². The molecule has 0 saturated carbocycles. The molecule has 2 atom stereocenters. The molecule has 1 aliphatic rings. The molecule has 49 heavy (non-hydrogen) atoms. The third kappa shape index (κ3) is 11.3. The Morgan fingerprint density at radius 3 is 1.94 bits per heavy atom. The molecule has 2 aromatic carbocycles. The lowest BCUT2D eigenvalue weighted by atomic mass is 9.86. The van der Waals surface area contributed by atoms with Crippen molar-refractivity contribution >= 4 is 35.4 Å². The molecule has 2 amide bonds. The summed E-state index contributed by atoms with van der Waals surface area (Å²) in [6.07, 6.45) is -6.05. The zero-order chi connectivity index (χ0) is 36.6. The number of hydrogen-bond donors (Lipinski definition) is 2. The van der Waals surface area contributed by atoms with E-state index in [-0.39, 0.29) is 23.2 Å². The second-order valence-corrected chi connectivity index (χ2v) is 14.2. The number of alkyl halides is 4. The monoisotopic (exact) mass is 708 g/mol. The number of thioether (sulfide) groups is 1. The summed E-state index contributed by atoms with van der Waals surface area (Å²) >= 11 is 0.960. The predicted octanol–water partition coefficient (Wildman–Crippen LogP) is 5.66. The first-order chi connectivity index (χ1) is 22.7. The van der Waals surface area contributed by atoms with Gasteiger partial charge in [-0.3, -0.25) is 14.9 Å². The van der Waals surface area contributed by atoms with E-state index >= 15 is 13.2 Å². The van der Waals surface area contributed by atoms with Crippen molar-refractivity contribution in [3.63, 3.8) is 0 Å². The Balaban J connectivity index is 1.87. The summed E-state index contributed by atoms with van der Waals surface area (Å²) in [5.74, 6) is 2.72. The number of primary amides is 1. The smallest absolute Gasteiger partial charge is 0.422 e. The minimum atomic E-state index is -5.07. The second-order valence-electron chi connectivity index (χ2n) is 13.2. The molecule has 0 bridgehead atoms. The van der Waals surface area contributed by atoms with Gasteiger partial charge in [-0.1, -0.05) is 48.2 Å². The molecule has 9 nitrogen and oxygen atoms in total. The molecule has 1 saturated heterocycles. The first-order valence-electron chi connectivity index (χ1n) is 15.7. The van der Waals surface area contributed by atoms with Gasteiger partial charge in [0.2, 0.25) is 11.4 Å². The molecule has 2 aromatic rings. The van der Waals surface area contributed by atoms with Crippen LogP contribution in [0.4, 0.5) is 28.0 Å². The Kier molecular flexibility index (Phi) is 13.0. The van der Waals surface area contributed by atoms with Crippen molar-refractivity contribution in [2.45, 2.75) is 70.1 Å². The van der Waals surface area contributed by atoms with Gasteiger partial charge in [-0.25, -0.2) is 9.18 Å². The standard InChI is InChI=1S/C35H44F4N4O5S/c1-32(2,3)48-31(46)43-19-17-42(18-20-43)27-14-10-25(11-15-27)24-8-12-26(13-9-24)34(35(37,38)39,16-7-21-49-23-29(44)47-6)41-28(30(40)45)22-33(4,5)36/h8-15,28,41H,17-23H2,1-6H3,(H2,40,45)/t28-,34?/m0/s1. The fraction of sp³-hybridized carbons (Fsp3) is 0.514. The largest absolute Gasteiger partial charge is 0.468 e. The van der Waals surface area contributed by atoms with Crippen LogP contribution in [-0.2, 0) is 24.6 Å². The molecule has 3 N–H and O–H groups in total. The van der Waals surface area contributed by atoms with E-state index in [1.54, 1.807) is 4.90 Å². The van der Waals surface area contributed by atoms with Gasteiger partial charge in [-0.2, -0.15) is 13.2 Å². The molecular formula is C35H44F4N4O5S. The number of halogens is 4. The Labute approximate surface area is 289 Å². The zero-order valence-electron chi connectivity index (χ0n) is 28.6. The molecule has 0 radical (unpaired) electrons. The fourth-order valence-corrected chi connectivity index (χ4v) is 5.70. The van der Waals surface area contributed by atoms with Gasteiger partial charge in [0, 0.05) is 38.3 Å². The van der Waals surface area contributed by atoms with Crippen molar-refractivity contribution in [1.82, 2.24) is 10.2 Å². The van der Waals surface area contributed by atoms with E-state index in [1.165, 1.54) is 31.4 Å². The number of ether oxygens (including phenoxy) is 2. The van der Waals surface area contributed by atoms with Crippen molar-refractivity contribution in [2.24, 2.45) is 5.73 Å². The number of nitrogens with one attached hydrogen (secondary N) is 1. The number of piperazine rings is 1. The average Bonchev–Trinajstić information content (AvgIpc) is 3.01. The first-order valence-corrected chi connectivity index (χ1v) is 16.8. The average molecular weight is 709 g/mol. The molecule has 14 heteroatoms. The quantitative estimate of drug-likeness (QED) is 0.133. The lowest BCUT2D eigenvalue weighted by Gasteiger charge is -2.37. The number of amides is 2. The van der Waals surface area contributed by atoms with Crippen molar-refractivity contribution in [3.05, 3.63) is 54.1 Å². The normalized spacial score (nSPS) is 15.8. The van der Waals surface area contributed by atoms with Crippen molar-refractivity contribution in [3.8, 4) is 23.0 Å². The van der Waals surface area contributed by atoms with Crippen LogP contribution in [0.2, 0.25) is 0 Å². The third-order valence-corrected chi connectivity index (χ3v) is 8.35. The maximum Gasteiger partial charge on any atom is 0.422 e. The minimum Gasteiger partial charge on any atom is -0.468 e. The van der Waals surface area contributed by atoms with Crippen LogP contribution in [0, 0.1) is 11.8 Å². The van der Waals surface area contributed by atoms with Gasteiger partial charge in [0.25, 0.3) is 0 Å². The molecule has 1 heterocycles. The highest BCUT2D eigenvalue weighted by atomic mass is 32.2. The maximum atomic E-state index is 15.1. The van der Waals surface area contributed by atoms with Gasteiger partial charge < -0.3 is 25.0 Å². The summed E-state index contributed by atoms with van der Waals surface area (Å²) in [6, 6.07) is 11.3. The molecule has 1 fully saturated rings. The number of carbonyl (C=O) groups is 3. The molecule has 0 aromatic heterocycles. The molecule has 1 unspecified atom stereocenters. The summed E-state index contributed by atoms with van der Waals surface area (Å²) in [6.45, 7) is 9.94. The van der Waals surface area contributed by atoms with E-state index in [9.17, 15) is 18.8 Å². The lowest BCUT2D eigenvalue weighted by Crippen LogP contribution is -2.60. The molecule has 0 aliphatic carbocycles. The van der Waals surface area contributed by atoms with Gasteiger partial charge in [-0.15, -0.1) is 11.8 Å².